The van der Waals surface area contributed by atoms with Crippen molar-refractivity contribution in [3.05, 3.63) is 53.0 Å². The molecule has 1 amide bonds. The van der Waals surface area contributed by atoms with Crippen LogP contribution in [0.4, 0.5) is 0 Å². The van der Waals surface area contributed by atoms with Crippen molar-refractivity contribution in [2.24, 2.45) is 5.92 Å². The average molecular weight is 603 g/mol. The number of nitrogens with one attached hydrogen (secondary N) is 2. The second-order valence-corrected chi connectivity index (χ2v) is 11.3. The molecule has 1 fully saturated rings. The number of aliphatic hydroxyl groups is 3. The van der Waals surface area contributed by atoms with Gasteiger partial charge in [0.25, 0.3) is 5.91 Å². The second-order valence-electron chi connectivity index (χ2n) is 8.69. The molecule has 202 valence electrons. The molecule has 0 radical (unpaired) electrons. The zero-order valence-electron chi connectivity index (χ0n) is 19.7. The van der Waals surface area contributed by atoms with E-state index in [1.807, 2.05) is 29.7 Å². The van der Waals surface area contributed by atoms with Crippen molar-refractivity contribution in [2.75, 3.05) is 0 Å². The third-order valence-corrected chi connectivity index (χ3v) is 7.65. The predicted octanol–water partition coefficient (Wildman–Crippen LogP) is 0.359. The molecular weight excluding hydrogens is 576 g/mol. The summed E-state index contributed by atoms with van der Waals surface area (Å²) in [6.45, 7) is 3.16. The molecule has 1 aliphatic rings. The normalized spacial score (nSPS) is 25.0. The molecule has 1 heterocycles. The standard InChI is InChI=1S/C23H27BrN2O10S/c1-11(2)16(21(30)25-36-23-19(29)17(27)18(28)20(35-23)22(31)32)26-37(33,34)15-9-5-13(6-10-15)12-3-7-14(24)8-4-12/h3-11,16-20,23,26-29H,1-2H3,(H,25,30)(H,31,32)/t16-,17?,18?,19?,20?,23?/m1/s1. The van der Waals surface area contributed by atoms with Crippen LogP contribution >= 0.6 is 15.9 Å². The molecule has 3 rings (SSSR count). The van der Waals surface area contributed by atoms with Gasteiger partial charge in [-0.3, -0.25) is 4.79 Å². The first-order valence-corrected chi connectivity index (χ1v) is 13.4. The molecule has 2 aromatic carbocycles. The maximum atomic E-state index is 13.0. The summed E-state index contributed by atoms with van der Waals surface area (Å²) in [7, 11) is -4.15. The Hall–Kier alpha value is -2.43. The number of sulfonamides is 1. The summed E-state index contributed by atoms with van der Waals surface area (Å²) in [6, 6.07) is 12.2. The number of aliphatic carboxylic acids is 1. The highest BCUT2D eigenvalue weighted by molar-refractivity contribution is 9.10. The molecule has 0 saturated carbocycles. The summed E-state index contributed by atoms with van der Waals surface area (Å²) in [4.78, 5) is 28.8. The number of ether oxygens (including phenoxy) is 1. The maximum absolute atomic E-state index is 13.0. The van der Waals surface area contributed by atoms with Crippen LogP contribution in [0.5, 0.6) is 0 Å². The molecule has 6 atom stereocenters. The van der Waals surface area contributed by atoms with E-state index in [1.54, 1.807) is 26.0 Å². The molecule has 14 heteroatoms. The number of aliphatic hydroxyl groups excluding tert-OH is 3. The summed E-state index contributed by atoms with van der Waals surface area (Å²) < 4.78 is 34.1. The summed E-state index contributed by atoms with van der Waals surface area (Å²) in [6.07, 6.45) is -9.55. The molecule has 0 aromatic heterocycles. The minimum absolute atomic E-state index is 0.0832. The van der Waals surface area contributed by atoms with Crippen LogP contribution in [-0.2, 0) is 29.2 Å². The van der Waals surface area contributed by atoms with Crippen LogP contribution in [0.25, 0.3) is 11.1 Å². The van der Waals surface area contributed by atoms with E-state index >= 15 is 0 Å². The number of carboxylic acids is 1. The molecular formula is C23H27BrN2O10S. The van der Waals surface area contributed by atoms with Gasteiger partial charge in [-0.15, -0.1) is 0 Å². The monoisotopic (exact) mass is 602 g/mol. The maximum Gasteiger partial charge on any atom is 0.335 e. The first-order valence-electron chi connectivity index (χ1n) is 11.1. The van der Waals surface area contributed by atoms with Gasteiger partial charge in [-0.2, -0.15) is 4.72 Å². The van der Waals surface area contributed by atoms with Crippen LogP contribution in [-0.4, -0.2) is 77.5 Å². The number of carbonyl (C=O) groups is 2. The fraction of sp³-hybridized carbons (Fsp3) is 0.391. The number of rotatable bonds is 9. The number of carbonyl (C=O) groups excluding carboxylic acids is 1. The lowest BCUT2D eigenvalue weighted by molar-refractivity contribution is -0.306. The number of hydroxylamine groups is 1. The lowest BCUT2D eigenvalue weighted by atomic mass is 9.99. The lowest BCUT2D eigenvalue weighted by Gasteiger charge is -2.38. The second kappa shape index (κ2) is 12.0. The van der Waals surface area contributed by atoms with Crippen LogP contribution in [0.3, 0.4) is 0 Å². The number of amides is 1. The average Bonchev–Trinajstić information content (AvgIpc) is 2.85. The van der Waals surface area contributed by atoms with Crippen LogP contribution < -0.4 is 10.2 Å². The number of hydrogen-bond donors (Lipinski definition) is 6. The predicted molar refractivity (Wildman–Crippen MR) is 132 cm³/mol. The van der Waals surface area contributed by atoms with Crippen molar-refractivity contribution in [2.45, 2.75) is 55.5 Å². The van der Waals surface area contributed by atoms with Gasteiger partial charge in [-0.25, -0.2) is 23.5 Å². The Morgan fingerprint density at radius 3 is 2.00 bits per heavy atom. The topological polar surface area (TPSA) is 192 Å². The van der Waals surface area contributed by atoms with Crippen molar-refractivity contribution in [3.8, 4) is 11.1 Å². The minimum atomic E-state index is -4.15. The molecule has 1 aliphatic heterocycles. The highest BCUT2D eigenvalue weighted by atomic mass is 79.9. The van der Waals surface area contributed by atoms with Crippen molar-refractivity contribution < 1.29 is 48.0 Å². The molecule has 2 aromatic rings. The zero-order chi connectivity index (χ0) is 27.5. The van der Waals surface area contributed by atoms with Crippen LogP contribution in [0.15, 0.2) is 57.9 Å². The number of carboxylic acid groups (broad SMARTS) is 1. The Balaban J connectivity index is 1.68. The van der Waals surface area contributed by atoms with Crippen molar-refractivity contribution >= 4 is 37.8 Å². The minimum Gasteiger partial charge on any atom is -0.479 e. The molecule has 1 saturated heterocycles. The van der Waals surface area contributed by atoms with E-state index in [2.05, 4.69) is 20.7 Å². The van der Waals surface area contributed by atoms with Crippen LogP contribution in [0.1, 0.15) is 13.8 Å². The highest BCUT2D eigenvalue weighted by Crippen LogP contribution is 2.24. The Bertz CT molecular complexity index is 1210. The summed E-state index contributed by atoms with van der Waals surface area (Å²) >= 11 is 3.36. The Morgan fingerprint density at radius 2 is 1.49 bits per heavy atom. The quantitative estimate of drug-likeness (QED) is 0.218. The van der Waals surface area contributed by atoms with Gasteiger partial charge in [0.2, 0.25) is 16.3 Å². The summed E-state index contributed by atoms with van der Waals surface area (Å²) in [5.74, 6) is -3.15. The Morgan fingerprint density at radius 1 is 0.946 bits per heavy atom. The number of halogens is 1. The van der Waals surface area contributed by atoms with Gasteiger partial charge in [0, 0.05) is 4.47 Å². The van der Waals surface area contributed by atoms with E-state index in [-0.39, 0.29) is 4.90 Å². The van der Waals surface area contributed by atoms with Crippen molar-refractivity contribution in [1.82, 2.24) is 10.2 Å². The van der Waals surface area contributed by atoms with E-state index in [4.69, 9.17) is 14.7 Å². The van der Waals surface area contributed by atoms with Gasteiger partial charge in [0.05, 0.1) is 4.90 Å². The third kappa shape index (κ3) is 6.91. The SMILES string of the molecule is CC(C)[C@@H](NS(=O)(=O)c1ccc(-c2ccc(Br)cc2)cc1)C(=O)NOC1OC(C(=O)O)C(O)C(O)C1O. The van der Waals surface area contributed by atoms with E-state index < -0.39 is 64.6 Å². The molecule has 0 aliphatic carbocycles. The van der Waals surface area contributed by atoms with Crippen LogP contribution in [0, 0.1) is 5.92 Å². The molecule has 12 nitrogen and oxygen atoms in total. The van der Waals surface area contributed by atoms with E-state index in [0.717, 1.165) is 15.6 Å². The largest absolute Gasteiger partial charge is 0.479 e. The molecule has 6 N–H and O–H groups in total. The highest BCUT2D eigenvalue weighted by Gasteiger charge is 2.48. The Kier molecular flexibility index (Phi) is 9.42. The Labute approximate surface area is 221 Å². The van der Waals surface area contributed by atoms with Crippen molar-refractivity contribution in [3.63, 3.8) is 0 Å². The van der Waals surface area contributed by atoms with Gasteiger partial charge in [0.1, 0.15) is 24.4 Å². The molecule has 5 unspecified atom stereocenters. The van der Waals surface area contributed by atoms with Gasteiger partial charge < -0.3 is 25.2 Å². The molecule has 0 spiro atoms. The van der Waals surface area contributed by atoms with E-state index in [1.165, 1.54) is 12.1 Å². The van der Waals surface area contributed by atoms with Gasteiger partial charge >= 0.3 is 5.97 Å². The van der Waals surface area contributed by atoms with Gasteiger partial charge in [0.15, 0.2) is 6.10 Å². The third-order valence-electron chi connectivity index (χ3n) is 5.66. The molecule has 0 bridgehead atoms. The van der Waals surface area contributed by atoms with E-state index in [9.17, 15) is 33.3 Å². The first kappa shape index (κ1) is 29.1. The van der Waals surface area contributed by atoms with Crippen molar-refractivity contribution in [1.29, 1.82) is 0 Å². The fourth-order valence-electron chi connectivity index (χ4n) is 3.53. The van der Waals surface area contributed by atoms with Gasteiger partial charge in [-0.1, -0.05) is 54.0 Å². The van der Waals surface area contributed by atoms with Crippen LogP contribution in [0.2, 0.25) is 0 Å². The smallest absolute Gasteiger partial charge is 0.335 e. The molecule has 37 heavy (non-hydrogen) atoms. The summed E-state index contributed by atoms with van der Waals surface area (Å²) in [5, 5.41) is 38.7. The first-order chi connectivity index (χ1) is 17.3. The summed E-state index contributed by atoms with van der Waals surface area (Å²) in [5.41, 5.74) is 3.60. The number of benzene rings is 2. The fourth-order valence-corrected chi connectivity index (χ4v) is 5.13. The van der Waals surface area contributed by atoms with E-state index in [0.29, 0.717) is 0 Å². The van der Waals surface area contributed by atoms with Gasteiger partial charge in [-0.05, 0) is 41.3 Å². The number of hydrogen-bond acceptors (Lipinski definition) is 9. The lowest BCUT2D eigenvalue weighted by Crippen LogP contribution is -2.61. The zero-order valence-corrected chi connectivity index (χ0v) is 22.1.